The standard InChI is InChI=1S/C7H9N3O2/c8-7-9-5-1-2-12-3-4(5)6(11)10-7/h1-3H2,(H3,8,9,10,11). The molecular weight excluding hydrogens is 158 g/mol. The molecule has 1 aromatic heterocycles. The number of nitrogens with zero attached hydrogens (tertiary/aromatic N) is 2. The second-order valence-electron chi connectivity index (χ2n) is 2.63. The molecule has 2 rings (SSSR count). The summed E-state index contributed by atoms with van der Waals surface area (Å²) in [5.41, 5.74) is 6.82. The molecule has 0 unspecified atom stereocenters. The van der Waals surface area contributed by atoms with Crippen LogP contribution in [0.4, 0.5) is 5.95 Å². The third-order valence-corrected chi connectivity index (χ3v) is 1.82. The lowest BCUT2D eigenvalue weighted by Gasteiger charge is -2.15. The average Bonchev–Trinajstić information content (AvgIpc) is 2.04. The van der Waals surface area contributed by atoms with E-state index < -0.39 is 0 Å². The van der Waals surface area contributed by atoms with Crippen molar-refractivity contribution < 1.29 is 9.84 Å². The van der Waals surface area contributed by atoms with Crippen LogP contribution in [0.1, 0.15) is 11.3 Å². The van der Waals surface area contributed by atoms with Crippen molar-refractivity contribution in [1.82, 2.24) is 9.97 Å². The van der Waals surface area contributed by atoms with Gasteiger partial charge in [0.15, 0.2) is 0 Å². The Bertz CT molecular complexity index is 314. The number of anilines is 1. The highest BCUT2D eigenvalue weighted by Gasteiger charge is 2.16. The van der Waals surface area contributed by atoms with E-state index >= 15 is 0 Å². The van der Waals surface area contributed by atoms with Crippen LogP contribution in [0.2, 0.25) is 0 Å². The number of nitrogens with two attached hydrogens (primary N) is 1. The van der Waals surface area contributed by atoms with Gasteiger partial charge in [-0.15, -0.1) is 0 Å². The Hall–Kier alpha value is -1.36. The van der Waals surface area contributed by atoms with E-state index in [1.165, 1.54) is 0 Å². The van der Waals surface area contributed by atoms with E-state index in [0.717, 1.165) is 5.69 Å². The summed E-state index contributed by atoms with van der Waals surface area (Å²) < 4.78 is 5.14. The Morgan fingerprint density at radius 3 is 3.08 bits per heavy atom. The van der Waals surface area contributed by atoms with E-state index in [9.17, 15) is 5.11 Å². The zero-order valence-corrected chi connectivity index (χ0v) is 6.45. The summed E-state index contributed by atoms with van der Waals surface area (Å²) in [5, 5.41) is 9.33. The summed E-state index contributed by atoms with van der Waals surface area (Å²) in [5.74, 6) is 0.0605. The van der Waals surface area contributed by atoms with Crippen molar-refractivity contribution in [3.8, 4) is 5.88 Å². The van der Waals surface area contributed by atoms with Crippen molar-refractivity contribution in [2.75, 3.05) is 12.3 Å². The first-order valence-corrected chi connectivity index (χ1v) is 3.69. The molecule has 12 heavy (non-hydrogen) atoms. The minimum atomic E-state index is -0.0581. The first-order valence-electron chi connectivity index (χ1n) is 3.69. The molecule has 0 fully saturated rings. The molecule has 0 amide bonds. The highest BCUT2D eigenvalue weighted by molar-refractivity contribution is 5.35. The summed E-state index contributed by atoms with van der Waals surface area (Å²) in [4.78, 5) is 7.63. The molecule has 2 heterocycles. The number of fused-ring (bicyclic) bond motifs is 1. The Morgan fingerprint density at radius 2 is 2.25 bits per heavy atom. The van der Waals surface area contributed by atoms with E-state index in [4.69, 9.17) is 10.5 Å². The topological polar surface area (TPSA) is 81.3 Å². The Balaban J connectivity index is 2.53. The van der Waals surface area contributed by atoms with E-state index in [2.05, 4.69) is 9.97 Å². The number of nitrogen functional groups attached to an aromatic ring is 1. The van der Waals surface area contributed by atoms with Crippen molar-refractivity contribution in [3.63, 3.8) is 0 Å². The van der Waals surface area contributed by atoms with E-state index in [0.29, 0.717) is 25.2 Å². The van der Waals surface area contributed by atoms with Gasteiger partial charge < -0.3 is 15.6 Å². The van der Waals surface area contributed by atoms with Crippen molar-refractivity contribution >= 4 is 5.95 Å². The molecule has 1 aromatic rings. The lowest BCUT2D eigenvalue weighted by atomic mass is 10.1. The molecule has 64 valence electrons. The molecule has 3 N–H and O–H groups in total. The maximum absolute atomic E-state index is 9.33. The largest absolute Gasteiger partial charge is 0.493 e. The Labute approximate surface area is 69.2 Å². The molecule has 1 aliphatic heterocycles. The third kappa shape index (κ3) is 1.08. The number of hydrogen-bond acceptors (Lipinski definition) is 5. The fraction of sp³-hybridized carbons (Fsp3) is 0.429. The van der Waals surface area contributed by atoms with Crippen molar-refractivity contribution in [3.05, 3.63) is 11.3 Å². The predicted molar refractivity (Wildman–Crippen MR) is 41.5 cm³/mol. The number of ether oxygens (including phenoxy) is 1. The fourth-order valence-corrected chi connectivity index (χ4v) is 1.23. The number of hydrogen-bond donors (Lipinski definition) is 2. The Morgan fingerprint density at radius 1 is 1.42 bits per heavy atom. The third-order valence-electron chi connectivity index (χ3n) is 1.82. The molecule has 0 radical (unpaired) electrons. The monoisotopic (exact) mass is 167 g/mol. The van der Waals surface area contributed by atoms with Gasteiger partial charge in [-0.25, -0.2) is 4.98 Å². The van der Waals surface area contributed by atoms with Gasteiger partial charge in [-0.1, -0.05) is 0 Å². The molecule has 0 saturated heterocycles. The van der Waals surface area contributed by atoms with Crippen LogP contribution in [0.3, 0.4) is 0 Å². The SMILES string of the molecule is Nc1nc(O)c2c(n1)CCOC2. The smallest absolute Gasteiger partial charge is 0.223 e. The van der Waals surface area contributed by atoms with Crippen molar-refractivity contribution in [1.29, 1.82) is 0 Å². The van der Waals surface area contributed by atoms with Gasteiger partial charge in [0.1, 0.15) is 0 Å². The summed E-state index contributed by atoms with van der Waals surface area (Å²) in [7, 11) is 0. The highest BCUT2D eigenvalue weighted by atomic mass is 16.5. The number of aromatic nitrogens is 2. The van der Waals surface area contributed by atoms with Gasteiger partial charge >= 0.3 is 0 Å². The molecule has 0 atom stereocenters. The average molecular weight is 167 g/mol. The molecule has 0 saturated carbocycles. The van der Waals surface area contributed by atoms with Crippen LogP contribution in [0, 0.1) is 0 Å². The number of aromatic hydroxyl groups is 1. The van der Waals surface area contributed by atoms with Gasteiger partial charge in [-0.05, 0) is 0 Å². The Kier molecular flexibility index (Phi) is 1.58. The van der Waals surface area contributed by atoms with Crippen molar-refractivity contribution in [2.24, 2.45) is 0 Å². The molecule has 5 nitrogen and oxygen atoms in total. The molecule has 5 heteroatoms. The molecule has 0 bridgehead atoms. The van der Waals surface area contributed by atoms with Gasteiger partial charge in [-0.2, -0.15) is 4.98 Å². The van der Waals surface area contributed by atoms with Crippen LogP contribution in [0.5, 0.6) is 5.88 Å². The fourth-order valence-electron chi connectivity index (χ4n) is 1.23. The molecule has 0 spiro atoms. The lowest BCUT2D eigenvalue weighted by molar-refractivity contribution is 0.106. The second kappa shape index (κ2) is 2.60. The number of rotatable bonds is 0. The van der Waals surface area contributed by atoms with Crippen LogP contribution >= 0.6 is 0 Å². The summed E-state index contributed by atoms with van der Waals surface area (Å²) in [6, 6.07) is 0. The van der Waals surface area contributed by atoms with E-state index in [1.54, 1.807) is 0 Å². The zero-order valence-electron chi connectivity index (χ0n) is 6.45. The minimum Gasteiger partial charge on any atom is -0.493 e. The molecule has 0 aromatic carbocycles. The van der Waals surface area contributed by atoms with Crippen LogP contribution in [-0.2, 0) is 17.8 Å². The van der Waals surface area contributed by atoms with Gasteiger partial charge in [0.05, 0.1) is 24.5 Å². The van der Waals surface area contributed by atoms with Crippen LogP contribution < -0.4 is 5.73 Å². The summed E-state index contributed by atoms with van der Waals surface area (Å²) in [6.07, 6.45) is 0.690. The molecular formula is C7H9N3O2. The summed E-state index contributed by atoms with van der Waals surface area (Å²) in [6.45, 7) is 1.00. The van der Waals surface area contributed by atoms with Crippen LogP contribution in [-0.4, -0.2) is 21.7 Å². The van der Waals surface area contributed by atoms with Gasteiger partial charge in [0.2, 0.25) is 11.8 Å². The second-order valence-corrected chi connectivity index (χ2v) is 2.63. The predicted octanol–water partition coefficient (Wildman–Crippen LogP) is -0.163. The first-order chi connectivity index (χ1) is 5.77. The normalized spacial score (nSPS) is 15.7. The quantitative estimate of drug-likeness (QED) is 0.561. The van der Waals surface area contributed by atoms with Gasteiger partial charge in [0, 0.05) is 6.42 Å². The first kappa shape index (κ1) is 7.30. The van der Waals surface area contributed by atoms with E-state index in [1.807, 2.05) is 0 Å². The minimum absolute atomic E-state index is 0.0581. The van der Waals surface area contributed by atoms with Crippen LogP contribution in [0.15, 0.2) is 0 Å². The summed E-state index contributed by atoms with van der Waals surface area (Å²) >= 11 is 0. The highest BCUT2D eigenvalue weighted by Crippen LogP contribution is 2.22. The molecule has 0 aliphatic carbocycles. The van der Waals surface area contributed by atoms with Gasteiger partial charge in [0.25, 0.3) is 0 Å². The van der Waals surface area contributed by atoms with Crippen LogP contribution in [0.25, 0.3) is 0 Å². The maximum Gasteiger partial charge on any atom is 0.223 e. The van der Waals surface area contributed by atoms with Crippen molar-refractivity contribution in [2.45, 2.75) is 13.0 Å². The van der Waals surface area contributed by atoms with Gasteiger partial charge in [-0.3, -0.25) is 0 Å². The molecule has 1 aliphatic rings. The lowest BCUT2D eigenvalue weighted by Crippen LogP contribution is -2.14. The zero-order chi connectivity index (χ0) is 8.55. The maximum atomic E-state index is 9.33. The van der Waals surface area contributed by atoms with E-state index in [-0.39, 0.29) is 11.8 Å².